The molecule has 0 amide bonds. The van der Waals surface area contributed by atoms with Gasteiger partial charge >= 0.3 is 0 Å². The Balaban J connectivity index is 1.30. The third-order valence-electron chi connectivity index (χ3n) is 5.94. The Kier molecular flexibility index (Phi) is 6.21. The van der Waals surface area contributed by atoms with Crippen LogP contribution in [0.1, 0.15) is 27.3 Å². The molecule has 2 aromatic heterocycles. The van der Waals surface area contributed by atoms with Gasteiger partial charge in [-0.25, -0.2) is 5.10 Å². The second-order valence-corrected chi connectivity index (χ2v) is 8.05. The van der Waals surface area contributed by atoms with E-state index in [-0.39, 0.29) is 5.78 Å². The summed E-state index contributed by atoms with van der Waals surface area (Å²) in [6, 6.07) is 12.4. The minimum Gasteiger partial charge on any atom is -0.322 e. The molecule has 0 aliphatic carbocycles. The maximum absolute atomic E-state index is 13.0. The Morgan fingerprint density at radius 2 is 1.87 bits per heavy atom. The number of quaternary nitrogens is 2. The average molecular weight is 407 g/mol. The van der Waals surface area contributed by atoms with E-state index in [1.54, 1.807) is 4.90 Å². The molecule has 0 spiro atoms. The molecule has 1 fully saturated rings. The maximum Gasteiger partial charge on any atom is 0.229 e. The number of hydrogen-bond acceptors (Lipinski definition) is 3. The summed E-state index contributed by atoms with van der Waals surface area (Å²) >= 11 is 0. The molecule has 156 valence electrons. The van der Waals surface area contributed by atoms with Gasteiger partial charge in [-0.2, -0.15) is 10.1 Å². The van der Waals surface area contributed by atoms with Gasteiger partial charge in [-0.15, -0.1) is 0 Å². The van der Waals surface area contributed by atoms with Gasteiger partial charge in [0.1, 0.15) is 39.1 Å². The number of hydrogen-bond donors (Lipinski definition) is 3. The average Bonchev–Trinajstić information content (AvgIpc) is 3.37. The Hall–Kier alpha value is -3.03. The summed E-state index contributed by atoms with van der Waals surface area (Å²) in [5.41, 5.74) is 3.94. The van der Waals surface area contributed by atoms with Crippen molar-refractivity contribution in [1.82, 2.24) is 19.7 Å². The molecular formula is C23H30N6O+2. The van der Waals surface area contributed by atoms with Crippen molar-refractivity contribution in [1.29, 1.82) is 0 Å². The van der Waals surface area contributed by atoms with Crippen molar-refractivity contribution in [3.8, 4) is 5.95 Å². The van der Waals surface area contributed by atoms with Crippen LogP contribution in [0.5, 0.6) is 0 Å². The van der Waals surface area contributed by atoms with Gasteiger partial charge in [0.05, 0.1) is 6.54 Å². The van der Waals surface area contributed by atoms with E-state index in [4.69, 9.17) is 0 Å². The largest absolute Gasteiger partial charge is 0.322 e. The number of Topliss-reactive ketones (excluding diaryl/α,β-unsaturated/α-hetero) is 1. The molecule has 1 saturated heterocycles. The van der Waals surface area contributed by atoms with Gasteiger partial charge in [0.15, 0.2) is 0 Å². The lowest BCUT2D eigenvalue weighted by Gasteiger charge is -2.28. The normalized spacial score (nSPS) is 19.4. The number of ketones is 1. The monoisotopic (exact) mass is 406 g/mol. The van der Waals surface area contributed by atoms with Crippen LogP contribution in [0.15, 0.2) is 48.8 Å². The second kappa shape index (κ2) is 9.19. The summed E-state index contributed by atoms with van der Waals surface area (Å²) < 4.78 is 1.96. The quantitative estimate of drug-likeness (QED) is 0.480. The van der Waals surface area contributed by atoms with E-state index in [1.165, 1.54) is 16.8 Å². The van der Waals surface area contributed by atoms with Crippen LogP contribution in [0, 0.1) is 13.8 Å². The summed E-state index contributed by atoms with van der Waals surface area (Å²) in [5.74, 6) is 0.855. The van der Waals surface area contributed by atoms with E-state index < -0.39 is 0 Å². The number of H-pyrrole nitrogens is 1. The summed E-state index contributed by atoms with van der Waals surface area (Å²) in [5, 5.41) is 6.80. The Morgan fingerprint density at radius 1 is 1.13 bits per heavy atom. The first kappa shape index (κ1) is 20.3. The number of nitrogens with one attached hydrogen (secondary N) is 3. The summed E-state index contributed by atoms with van der Waals surface area (Å²) in [4.78, 5) is 20.2. The molecule has 0 unspecified atom stereocenters. The smallest absolute Gasteiger partial charge is 0.229 e. The number of aryl methyl sites for hydroxylation is 1. The molecule has 0 radical (unpaired) electrons. The van der Waals surface area contributed by atoms with Crippen LogP contribution in [-0.4, -0.2) is 64.8 Å². The molecule has 1 aromatic carbocycles. The molecule has 1 aliphatic rings. The third-order valence-corrected chi connectivity index (χ3v) is 5.94. The first-order valence-corrected chi connectivity index (χ1v) is 10.6. The SMILES string of the molecule is Cc1cc(C(=O)C[NH+]2CC[NH+](C/C=C/c3ccccc3)CC2)c(C)n1-c1ncn[nH]1. The molecule has 3 heterocycles. The van der Waals surface area contributed by atoms with E-state index in [2.05, 4.69) is 51.6 Å². The number of piperazine rings is 1. The molecule has 3 aromatic rings. The van der Waals surface area contributed by atoms with Gasteiger partial charge in [0.2, 0.25) is 11.7 Å². The van der Waals surface area contributed by atoms with Crippen LogP contribution in [0.4, 0.5) is 0 Å². The van der Waals surface area contributed by atoms with Gasteiger partial charge in [-0.1, -0.05) is 36.4 Å². The summed E-state index contributed by atoms with van der Waals surface area (Å²) in [6.07, 6.45) is 5.94. The predicted molar refractivity (Wildman–Crippen MR) is 116 cm³/mol. The molecule has 7 nitrogen and oxygen atoms in total. The standard InChI is InChI=1S/C23H28N6O/c1-18-15-21(19(2)29(18)23-24-17-25-26-23)22(30)16-28-13-11-27(12-14-28)10-6-9-20-7-4-3-5-8-20/h3-9,15,17H,10-14,16H2,1-2H3,(H,24,25,26)/p+2/b9-6+. The van der Waals surface area contributed by atoms with Crippen molar-refractivity contribution >= 4 is 11.9 Å². The Morgan fingerprint density at radius 3 is 2.57 bits per heavy atom. The molecule has 0 atom stereocenters. The van der Waals surface area contributed by atoms with E-state index in [9.17, 15) is 4.79 Å². The van der Waals surface area contributed by atoms with Crippen LogP contribution in [-0.2, 0) is 0 Å². The van der Waals surface area contributed by atoms with Crippen LogP contribution in [0.25, 0.3) is 12.0 Å². The summed E-state index contributed by atoms with van der Waals surface area (Å²) in [6.45, 7) is 9.80. The zero-order valence-corrected chi connectivity index (χ0v) is 17.7. The lowest BCUT2D eigenvalue weighted by molar-refractivity contribution is -1.01. The van der Waals surface area contributed by atoms with E-state index in [0.717, 1.165) is 49.7 Å². The Bertz CT molecular complexity index is 998. The van der Waals surface area contributed by atoms with Crippen LogP contribution >= 0.6 is 0 Å². The fourth-order valence-corrected chi connectivity index (χ4v) is 4.26. The highest BCUT2D eigenvalue weighted by atomic mass is 16.1. The van der Waals surface area contributed by atoms with Crippen molar-refractivity contribution in [3.05, 3.63) is 71.3 Å². The zero-order chi connectivity index (χ0) is 20.9. The molecule has 0 saturated carbocycles. The fraction of sp³-hybridized carbons (Fsp3) is 0.348. The van der Waals surface area contributed by atoms with Crippen molar-refractivity contribution in [3.63, 3.8) is 0 Å². The molecule has 0 bridgehead atoms. The van der Waals surface area contributed by atoms with Crippen LogP contribution in [0.3, 0.4) is 0 Å². The lowest BCUT2D eigenvalue weighted by Crippen LogP contribution is -3.28. The van der Waals surface area contributed by atoms with Gasteiger partial charge in [-0.3, -0.25) is 9.36 Å². The number of aromatic nitrogens is 4. The fourth-order valence-electron chi connectivity index (χ4n) is 4.26. The Labute approximate surface area is 177 Å². The number of rotatable bonds is 7. The first-order valence-electron chi connectivity index (χ1n) is 10.6. The first-order chi connectivity index (χ1) is 14.6. The third kappa shape index (κ3) is 4.58. The predicted octanol–water partition coefficient (Wildman–Crippen LogP) is -0.108. The maximum atomic E-state index is 13.0. The van der Waals surface area contributed by atoms with E-state index in [1.807, 2.05) is 30.5 Å². The van der Waals surface area contributed by atoms with Crippen molar-refractivity contribution in [2.45, 2.75) is 13.8 Å². The number of carbonyl (C=O) groups excluding carboxylic acids is 1. The van der Waals surface area contributed by atoms with Gasteiger partial charge < -0.3 is 9.80 Å². The van der Waals surface area contributed by atoms with Crippen LogP contribution in [0.2, 0.25) is 0 Å². The van der Waals surface area contributed by atoms with Crippen molar-refractivity contribution in [2.75, 3.05) is 39.3 Å². The zero-order valence-electron chi connectivity index (χ0n) is 17.7. The highest BCUT2D eigenvalue weighted by Gasteiger charge is 2.26. The highest BCUT2D eigenvalue weighted by Crippen LogP contribution is 2.18. The van der Waals surface area contributed by atoms with Crippen molar-refractivity contribution in [2.24, 2.45) is 0 Å². The number of carbonyl (C=O) groups is 1. The van der Waals surface area contributed by atoms with Gasteiger partial charge in [0.25, 0.3) is 0 Å². The van der Waals surface area contributed by atoms with E-state index in [0.29, 0.717) is 12.5 Å². The molecule has 7 heteroatoms. The van der Waals surface area contributed by atoms with Gasteiger partial charge in [-0.05, 0) is 31.6 Å². The molecule has 4 rings (SSSR count). The second-order valence-electron chi connectivity index (χ2n) is 8.05. The molecule has 1 aliphatic heterocycles. The molecule has 30 heavy (non-hydrogen) atoms. The minimum absolute atomic E-state index is 0.205. The summed E-state index contributed by atoms with van der Waals surface area (Å²) in [7, 11) is 0. The number of aromatic amines is 1. The molecule has 3 N–H and O–H groups in total. The van der Waals surface area contributed by atoms with Crippen LogP contribution < -0.4 is 9.80 Å². The number of benzene rings is 1. The minimum atomic E-state index is 0.205. The van der Waals surface area contributed by atoms with Crippen molar-refractivity contribution < 1.29 is 14.6 Å². The highest BCUT2D eigenvalue weighted by molar-refractivity contribution is 5.98. The lowest BCUT2D eigenvalue weighted by atomic mass is 10.1. The number of nitrogens with zero attached hydrogens (tertiary/aromatic N) is 3. The topological polar surface area (TPSA) is 72.5 Å². The van der Waals surface area contributed by atoms with E-state index >= 15 is 0 Å². The van der Waals surface area contributed by atoms with Gasteiger partial charge in [0, 0.05) is 17.0 Å². The molecular weight excluding hydrogens is 376 g/mol.